The van der Waals surface area contributed by atoms with Gasteiger partial charge in [-0.3, -0.25) is 9.59 Å². The molecular weight excluding hydrogens is 825 g/mol. The molecule has 4 atom stereocenters. The fourth-order valence-corrected chi connectivity index (χ4v) is 11.2. The lowest BCUT2D eigenvalue weighted by Crippen LogP contribution is -2.50. The van der Waals surface area contributed by atoms with Crippen LogP contribution in [0.25, 0.3) is 53.9 Å². The van der Waals surface area contributed by atoms with E-state index in [1.807, 2.05) is 56.4 Å². The molecule has 2 unspecified atom stereocenters. The molecule has 5 N–H and O–H groups in total. The Morgan fingerprint density at radius 1 is 0.790 bits per heavy atom. The van der Waals surface area contributed by atoms with Crippen molar-refractivity contribution < 1.29 is 29.0 Å². The number of aromatic amines is 2. The van der Waals surface area contributed by atoms with Gasteiger partial charge in [0.15, 0.2) is 0 Å². The Labute approximate surface area is 365 Å². The summed E-state index contributed by atoms with van der Waals surface area (Å²) in [7, 11) is 1.28. The molecule has 0 spiro atoms. The summed E-state index contributed by atoms with van der Waals surface area (Å²) in [6, 6.07) is 21.7. The fraction of sp³-hybridized carbons (Fsp3) is 0.304. The van der Waals surface area contributed by atoms with Crippen LogP contribution in [-0.4, -0.2) is 85.1 Å². The van der Waals surface area contributed by atoms with Gasteiger partial charge in [-0.15, -0.1) is 22.7 Å². The third-order valence-corrected chi connectivity index (χ3v) is 14.1. The predicted molar refractivity (Wildman–Crippen MR) is 240 cm³/mol. The normalized spacial score (nSPS) is 17.5. The molecule has 0 radical (unpaired) electrons. The summed E-state index contributed by atoms with van der Waals surface area (Å²) < 4.78 is 7.20. The average molecular weight is 871 g/mol. The quantitative estimate of drug-likeness (QED) is 0.0851. The Morgan fingerprint density at radius 3 is 2.13 bits per heavy atom. The Kier molecular flexibility index (Phi) is 11.3. The lowest BCUT2D eigenvalue weighted by atomic mass is 10.0. The molecule has 318 valence electrons. The van der Waals surface area contributed by atoms with Crippen molar-refractivity contribution in [2.24, 2.45) is 5.92 Å². The molecule has 2 aliphatic rings. The van der Waals surface area contributed by atoms with Crippen LogP contribution in [0.5, 0.6) is 0 Å². The van der Waals surface area contributed by atoms with Gasteiger partial charge in [-0.1, -0.05) is 74.5 Å². The lowest BCUT2D eigenvalue weighted by Gasteiger charge is -2.29. The maximum Gasteiger partial charge on any atom is 0.407 e. The van der Waals surface area contributed by atoms with E-state index in [4.69, 9.17) is 14.7 Å². The topological polar surface area (TPSA) is 186 Å². The highest BCUT2D eigenvalue weighted by molar-refractivity contribution is 7.27. The summed E-state index contributed by atoms with van der Waals surface area (Å²) in [5, 5.41) is 18.8. The SMILES string of the molecule is COC(=O)N[C@@H](C(=O)N1CCCC1c1ncc(-c2csc3c(-c4ccc(-c5ccc6nc(C7CCCN7C(=O)[C@H](NC(=O)O)C(C)C)[nH]c6c5)cc4)csc23)[nH]1)c1ccccc1. The van der Waals surface area contributed by atoms with E-state index < -0.39 is 24.3 Å². The van der Waals surface area contributed by atoms with Crippen molar-refractivity contribution in [3.63, 3.8) is 0 Å². The van der Waals surface area contributed by atoms with Gasteiger partial charge < -0.3 is 40.2 Å². The van der Waals surface area contributed by atoms with Gasteiger partial charge in [-0.2, -0.15) is 0 Å². The summed E-state index contributed by atoms with van der Waals surface area (Å²) in [6.07, 6.45) is 3.10. The van der Waals surface area contributed by atoms with Crippen LogP contribution in [0.3, 0.4) is 0 Å². The number of imidazole rings is 2. The van der Waals surface area contributed by atoms with Gasteiger partial charge in [0.2, 0.25) is 5.91 Å². The van der Waals surface area contributed by atoms with Crippen LogP contribution >= 0.6 is 22.7 Å². The second-order valence-corrected chi connectivity index (χ2v) is 17.9. The Hall–Kier alpha value is -6.52. The predicted octanol–water partition coefficient (Wildman–Crippen LogP) is 9.28. The van der Waals surface area contributed by atoms with Crippen LogP contribution in [0.15, 0.2) is 89.8 Å². The minimum atomic E-state index is -1.21. The number of methoxy groups -OCH3 is 1. The number of thiophene rings is 2. The third kappa shape index (κ3) is 7.79. The molecule has 2 saturated heterocycles. The number of H-pyrrole nitrogens is 2. The number of nitrogens with one attached hydrogen (secondary N) is 4. The van der Waals surface area contributed by atoms with E-state index in [1.54, 1.807) is 32.5 Å². The van der Waals surface area contributed by atoms with Gasteiger partial charge >= 0.3 is 12.2 Å². The van der Waals surface area contributed by atoms with Gasteiger partial charge in [0.1, 0.15) is 23.7 Å². The number of fused-ring (bicyclic) bond motifs is 2. The first-order chi connectivity index (χ1) is 30.1. The molecule has 4 amide bonds. The van der Waals surface area contributed by atoms with Crippen LogP contribution in [0.2, 0.25) is 0 Å². The van der Waals surface area contributed by atoms with Gasteiger partial charge in [0, 0.05) is 35.0 Å². The van der Waals surface area contributed by atoms with E-state index in [0.717, 1.165) is 74.9 Å². The maximum atomic E-state index is 14.0. The fourth-order valence-electron chi connectivity index (χ4n) is 8.79. The molecule has 0 saturated carbocycles. The minimum Gasteiger partial charge on any atom is -0.465 e. The van der Waals surface area contributed by atoms with E-state index in [-0.39, 0.29) is 29.8 Å². The molecule has 7 aromatic rings. The van der Waals surface area contributed by atoms with Crippen molar-refractivity contribution in [1.29, 1.82) is 0 Å². The van der Waals surface area contributed by atoms with Gasteiger partial charge in [0.25, 0.3) is 5.91 Å². The molecule has 2 fully saturated rings. The van der Waals surface area contributed by atoms with Crippen molar-refractivity contribution in [2.75, 3.05) is 20.2 Å². The number of amides is 4. The first-order valence-electron chi connectivity index (χ1n) is 20.7. The number of nitrogens with zero attached hydrogens (tertiary/aromatic N) is 4. The number of benzene rings is 3. The Bertz CT molecular complexity index is 2780. The van der Waals surface area contributed by atoms with Crippen LogP contribution in [0, 0.1) is 5.92 Å². The number of hydrogen-bond acceptors (Lipinski definition) is 9. The summed E-state index contributed by atoms with van der Waals surface area (Å²) >= 11 is 3.39. The number of aromatic nitrogens is 4. The summed E-state index contributed by atoms with van der Waals surface area (Å²) in [5.74, 6) is 0.795. The zero-order chi connectivity index (χ0) is 43.1. The molecule has 3 aromatic carbocycles. The minimum absolute atomic E-state index is 0.191. The van der Waals surface area contributed by atoms with E-state index in [0.29, 0.717) is 30.3 Å². The molecule has 62 heavy (non-hydrogen) atoms. The average Bonchev–Trinajstić information content (AvgIpc) is 4.14. The first kappa shape index (κ1) is 40.9. The molecule has 0 aliphatic carbocycles. The van der Waals surface area contributed by atoms with Crippen molar-refractivity contribution in [2.45, 2.75) is 63.7 Å². The van der Waals surface area contributed by atoms with Gasteiger partial charge in [-0.05, 0) is 66.0 Å². The molecule has 6 heterocycles. The van der Waals surface area contributed by atoms with Gasteiger partial charge in [-0.25, -0.2) is 19.6 Å². The number of rotatable bonds is 11. The van der Waals surface area contributed by atoms with Gasteiger partial charge in [0.05, 0.1) is 51.5 Å². The van der Waals surface area contributed by atoms with E-state index in [1.165, 1.54) is 11.8 Å². The number of hydrogen-bond donors (Lipinski definition) is 5. The maximum absolute atomic E-state index is 14.0. The van der Waals surface area contributed by atoms with Crippen molar-refractivity contribution in [3.05, 3.63) is 107 Å². The Morgan fingerprint density at radius 2 is 1.44 bits per heavy atom. The highest BCUT2D eigenvalue weighted by Crippen LogP contribution is 2.45. The summed E-state index contributed by atoms with van der Waals surface area (Å²) in [5.41, 5.74) is 8.68. The van der Waals surface area contributed by atoms with E-state index in [2.05, 4.69) is 67.8 Å². The number of alkyl carbamates (subject to hydrolysis) is 1. The van der Waals surface area contributed by atoms with E-state index >= 15 is 0 Å². The molecule has 9 rings (SSSR count). The number of ether oxygens (including phenoxy) is 1. The third-order valence-electron chi connectivity index (χ3n) is 11.9. The monoisotopic (exact) mass is 870 g/mol. The summed E-state index contributed by atoms with van der Waals surface area (Å²) in [4.78, 5) is 71.4. The second-order valence-electron chi connectivity index (χ2n) is 16.1. The first-order valence-corrected chi connectivity index (χ1v) is 22.5. The molecule has 2 aliphatic heterocycles. The summed E-state index contributed by atoms with van der Waals surface area (Å²) in [6.45, 7) is 4.78. The van der Waals surface area contributed by atoms with Crippen LogP contribution in [0.4, 0.5) is 9.59 Å². The lowest BCUT2D eigenvalue weighted by molar-refractivity contribution is -0.135. The zero-order valence-electron chi connectivity index (χ0n) is 34.4. The smallest absolute Gasteiger partial charge is 0.407 e. The number of carbonyl (C=O) groups excluding carboxylic acids is 3. The largest absolute Gasteiger partial charge is 0.465 e. The van der Waals surface area contributed by atoms with Crippen molar-refractivity contribution >= 4 is 67.1 Å². The number of likely N-dealkylation sites (tertiary alicyclic amines) is 2. The second kappa shape index (κ2) is 17.1. The standard InChI is InChI=1S/C46H46N8O6S2/c1-25(2)37(51-45(57)58)43(55)54-20-8-12-36(54)42-48-32-18-17-29(21-33(32)49-42)26-13-15-27(16-14-26)30-23-61-40-31(24-62-39(30)40)34-22-47-41(50-34)35-11-7-19-53(35)44(56)38(52-46(59)60-3)28-9-5-4-6-10-28/h4-6,9-10,13-18,21-25,35-38,51H,7-8,11-12,19-20H2,1-3H3,(H,47,50)(H,48,49)(H,52,59)(H,57,58)/t35?,36?,37-,38-/m1/s1. The number of carboxylic acid groups (broad SMARTS) is 1. The van der Waals surface area contributed by atoms with Crippen LogP contribution < -0.4 is 10.6 Å². The highest BCUT2D eigenvalue weighted by atomic mass is 32.1. The van der Waals surface area contributed by atoms with Crippen molar-refractivity contribution in [3.8, 4) is 33.5 Å². The molecular formula is C46H46N8O6S2. The Balaban J connectivity index is 0.908. The van der Waals surface area contributed by atoms with Crippen LogP contribution in [-0.2, 0) is 14.3 Å². The molecule has 14 nitrogen and oxygen atoms in total. The van der Waals surface area contributed by atoms with E-state index in [9.17, 15) is 24.3 Å². The van der Waals surface area contributed by atoms with Crippen LogP contribution in [0.1, 0.15) is 74.9 Å². The molecule has 16 heteroatoms. The molecule has 4 aromatic heterocycles. The zero-order valence-corrected chi connectivity index (χ0v) is 36.0. The highest BCUT2D eigenvalue weighted by Gasteiger charge is 2.39. The van der Waals surface area contributed by atoms with Crippen molar-refractivity contribution in [1.82, 2.24) is 40.4 Å². The number of carbonyl (C=O) groups is 4. The molecule has 0 bridgehead atoms.